The third-order valence-electron chi connectivity index (χ3n) is 6.54. The number of carbonyl (C=O) groups is 6. The number of imide groups is 4. The predicted octanol–water partition coefficient (Wildman–Crippen LogP) is 4.03. The van der Waals surface area contributed by atoms with Crippen LogP contribution in [0.4, 0.5) is 9.59 Å². The van der Waals surface area contributed by atoms with Crippen molar-refractivity contribution in [2.75, 3.05) is 0 Å². The van der Waals surface area contributed by atoms with Gasteiger partial charge in [0.05, 0.1) is 22.2 Å². The van der Waals surface area contributed by atoms with Gasteiger partial charge in [0, 0.05) is 12.4 Å². The minimum Gasteiger partial charge on any atom is -0.394 e. The summed E-state index contributed by atoms with van der Waals surface area (Å²) in [6.45, 7) is 6.91. The molecule has 2 N–H and O–H groups in total. The monoisotopic (exact) mass is 628 g/mol. The van der Waals surface area contributed by atoms with Gasteiger partial charge in [0.1, 0.15) is 0 Å². The zero-order valence-electron chi connectivity index (χ0n) is 22.0. The van der Waals surface area contributed by atoms with Gasteiger partial charge < -0.3 is 21.3 Å². The molecule has 2 aromatic heterocycles. The number of hydrogen-bond acceptors (Lipinski definition) is 8. The van der Waals surface area contributed by atoms with Crippen LogP contribution in [-0.2, 0) is 39.6 Å². The molecule has 8 amide bonds. The smallest absolute Gasteiger partial charge is 0.394 e. The summed E-state index contributed by atoms with van der Waals surface area (Å²) >= 11 is 0. The summed E-state index contributed by atoms with van der Waals surface area (Å²) in [4.78, 5) is 75.2. The van der Waals surface area contributed by atoms with E-state index < -0.39 is 46.5 Å². The van der Waals surface area contributed by atoms with Gasteiger partial charge in [-0.1, -0.05) is 39.8 Å². The molecule has 13 heteroatoms. The maximum absolute atomic E-state index is 11.4. The standard InChI is InChI=1S/C10H8N2.2C8H12N2O3.Pd/c1-3-7-11-9(5-1)10-6-2-4-8-12-10;2*1-3-8(4-2)5(11)9-7(13)10-6(8)12;/h1-8H;2*3-4H2,1-2H3,(H2,9,10,11,12,13);/q;;;+2/p-2. The van der Waals surface area contributed by atoms with Crippen LogP contribution >= 0.6 is 0 Å². The van der Waals surface area contributed by atoms with Crippen LogP contribution in [-0.4, -0.2) is 45.7 Å². The summed E-state index contributed by atoms with van der Waals surface area (Å²) in [5.74, 6) is -2.29. The Balaban J connectivity index is 0.000000289. The minimum absolute atomic E-state index is 0. The van der Waals surface area contributed by atoms with Gasteiger partial charge in [0.15, 0.2) is 35.7 Å². The fourth-order valence-corrected chi connectivity index (χ4v) is 3.86. The molecule has 210 valence electrons. The van der Waals surface area contributed by atoms with Gasteiger partial charge in [-0.25, -0.2) is 0 Å². The average molecular weight is 629 g/mol. The van der Waals surface area contributed by atoms with Crippen LogP contribution in [0.1, 0.15) is 53.4 Å². The molecule has 2 aromatic rings. The molecule has 0 spiro atoms. The Morgan fingerprint density at radius 1 is 0.615 bits per heavy atom. The Bertz CT molecular complexity index is 1050. The summed E-state index contributed by atoms with van der Waals surface area (Å²) in [6, 6.07) is 9.89. The molecule has 2 fully saturated rings. The number of pyridine rings is 2. The van der Waals surface area contributed by atoms with Crippen molar-refractivity contribution in [3.05, 3.63) is 59.4 Å². The van der Waals surface area contributed by atoms with E-state index in [2.05, 4.69) is 20.6 Å². The number of aromatic nitrogens is 2. The average Bonchev–Trinajstić information content (AvgIpc) is 2.91. The summed E-state index contributed by atoms with van der Waals surface area (Å²) in [5.41, 5.74) is -0.404. The van der Waals surface area contributed by atoms with Crippen molar-refractivity contribution in [2.24, 2.45) is 10.8 Å². The Hall–Kier alpha value is -3.82. The van der Waals surface area contributed by atoms with E-state index in [9.17, 15) is 28.8 Å². The normalized spacial score (nSPS) is 16.9. The molecule has 4 rings (SSSR count). The molecule has 2 aliphatic heterocycles. The molecule has 0 unspecified atom stereocenters. The largest absolute Gasteiger partial charge is 2.00 e. The van der Waals surface area contributed by atoms with E-state index in [1.54, 1.807) is 40.1 Å². The van der Waals surface area contributed by atoms with Gasteiger partial charge >= 0.3 is 20.4 Å². The van der Waals surface area contributed by atoms with E-state index in [0.717, 1.165) is 11.4 Å². The van der Waals surface area contributed by atoms with Crippen molar-refractivity contribution >= 4 is 35.7 Å². The molecule has 0 aromatic carbocycles. The van der Waals surface area contributed by atoms with Crippen LogP contribution in [0.15, 0.2) is 48.8 Å². The number of barbiturate groups is 2. The first-order valence-corrected chi connectivity index (χ1v) is 12.2. The van der Waals surface area contributed by atoms with Crippen LogP contribution in [0, 0.1) is 10.8 Å². The molecule has 4 heterocycles. The van der Waals surface area contributed by atoms with Gasteiger partial charge in [0.2, 0.25) is 0 Å². The number of urea groups is 2. The molecule has 0 saturated carbocycles. The Morgan fingerprint density at radius 3 is 1.18 bits per heavy atom. The molecular weight excluding hydrogens is 599 g/mol. The third-order valence-corrected chi connectivity index (χ3v) is 6.54. The van der Waals surface area contributed by atoms with Gasteiger partial charge in [0.25, 0.3) is 0 Å². The van der Waals surface area contributed by atoms with E-state index in [0.29, 0.717) is 25.7 Å². The van der Waals surface area contributed by atoms with Crippen molar-refractivity contribution in [3.63, 3.8) is 0 Å². The number of carbonyl (C=O) groups excluding carboxylic acids is 6. The Labute approximate surface area is 240 Å². The first-order valence-electron chi connectivity index (χ1n) is 12.2. The van der Waals surface area contributed by atoms with Crippen LogP contribution in [0.5, 0.6) is 0 Å². The zero-order valence-corrected chi connectivity index (χ0v) is 23.6. The van der Waals surface area contributed by atoms with Crippen LogP contribution < -0.4 is 10.6 Å². The predicted molar refractivity (Wildman–Crippen MR) is 137 cm³/mol. The third kappa shape index (κ3) is 7.62. The van der Waals surface area contributed by atoms with Crippen LogP contribution in [0.2, 0.25) is 0 Å². The van der Waals surface area contributed by atoms with Crippen molar-refractivity contribution in [1.82, 2.24) is 20.6 Å². The maximum Gasteiger partial charge on any atom is 2.00 e. The fraction of sp³-hybridized carbons (Fsp3) is 0.385. The summed E-state index contributed by atoms with van der Waals surface area (Å²) < 4.78 is 0. The topological polar surface area (TPSA) is 180 Å². The van der Waals surface area contributed by atoms with Crippen molar-refractivity contribution < 1.29 is 49.2 Å². The first-order chi connectivity index (χ1) is 18.1. The Kier molecular flexibility index (Phi) is 12.7. The van der Waals surface area contributed by atoms with Crippen molar-refractivity contribution in [1.29, 1.82) is 0 Å². The van der Waals surface area contributed by atoms with Gasteiger partial charge in [-0.3, -0.25) is 38.7 Å². The van der Waals surface area contributed by atoms with Gasteiger partial charge in [-0.05, 0) is 49.9 Å². The molecule has 2 aliphatic rings. The van der Waals surface area contributed by atoms with E-state index >= 15 is 0 Å². The number of rotatable bonds is 5. The molecule has 0 radical (unpaired) electrons. The fourth-order valence-electron chi connectivity index (χ4n) is 3.86. The van der Waals surface area contributed by atoms with E-state index in [1.165, 1.54) is 0 Å². The first kappa shape index (κ1) is 33.2. The molecule has 0 aliphatic carbocycles. The summed E-state index contributed by atoms with van der Waals surface area (Å²) in [6.07, 6.45) is 5.00. The molecule has 2 saturated heterocycles. The number of nitrogens with zero attached hydrogens (tertiary/aromatic N) is 4. The van der Waals surface area contributed by atoms with E-state index in [4.69, 9.17) is 0 Å². The molecule has 0 bridgehead atoms. The number of nitrogens with one attached hydrogen (secondary N) is 2. The number of hydrogen-bond donors (Lipinski definition) is 2. The second-order valence-electron chi connectivity index (χ2n) is 8.36. The van der Waals surface area contributed by atoms with Crippen molar-refractivity contribution in [3.8, 4) is 11.4 Å². The molecule has 0 atom stereocenters. The van der Waals surface area contributed by atoms with Crippen molar-refractivity contribution in [2.45, 2.75) is 53.4 Å². The summed E-state index contributed by atoms with van der Waals surface area (Å²) in [5, 5.41) is 10.5. The second kappa shape index (κ2) is 14.9. The van der Waals surface area contributed by atoms with Crippen LogP contribution in [0.25, 0.3) is 22.0 Å². The zero-order chi connectivity index (χ0) is 28.3. The van der Waals surface area contributed by atoms with Crippen LogP contribution in [0.3, 0.4) is 0 Å². The molecule has 39 heavy (non-hydrogen) atoms. The minimum atomic E-state index is -1.12. The van der Waals surface area contributed by atoms with Gasteiger partial charge in [-0.2, -0.15) is 0 Å². The SMILES string of the molecule is CCC1(CC)C(=O)[N-]C(=O)NC1=O.CCC1(CC)C(=O)[N-]C(=O)NC1=O.[Pd+2].c1ccc(-c2ccccn2)nc1. The Morgan fingerprint density at radius 2 is 0.949 bits per heavy atom. The quantitative estimate of drug-likeness (QED) is 0.368. The molecule has 12 nitrogen and oxygen atoms in total. The van der Waals surface area contributed by atoms with E-state index in [1.807, 2.05) is 47.0 Å². The maximum atomic E-state index is 11.4. The number of amides is 8. The summed E-state index contributed by atoms with van der Waals surface area (Å²) in [7, 11) is 0. The second-order valence-corrected chi connectivity index (χ2v) is 8.36. The van der Waals surface area contributed by atoms with E-state index in [-0.39, 0.29) is 20.4 Å². The van der Waals surface area contributed by atoms with Gasteiger partial charge in [-0.15, -0.1) is 0 Å². The molecular formula is C26H30N6O6Pd.